The molecular weight excluding hydrogens is 365 g/mol. The quantitative estimate of drug-likeness (QED) is 0.803. The van der Waals surface area contributed by atoms with Crippen LogP contribution in [0.2, 0.25) is 0 Å². The predicted octanol–water partition coefficient (Wildman–Crippen LogP) is 1.78. The molecule has 2 aliphatic heterocycles. The van der Waals surface area contributed by atoms with Crippen LogP contribution >= 0.6 is 0 Å². The van der Waals surface area contributed by atoms with Crippen molar-refractivity contribution < 1.29 is 18.7 Å². The molecule has 0 bridgehead atoms. The fraction of sp³-hybridized carbons (Fsp3) is 0.450. The standard InChI is InChI=1S/C20H22FN3O4/c1-2-16-11-23(12-20(28-16)9-10-27-13-20)19(26)17-7-8-18(25)24(22-17)15-5-3-14(21)4-6-15/h3-8,16H,2,9-13H2,1H3/t16-,20-/m0/s1. The lowest BCUT2D eigenvalue weighted by molar-refractivity contribution is -0.145. The number of morpholine rings is 1. The van der Waals surface area contributed by atoms with Gasteiger partial charge in [0.2, 0.25) is 0 Å². The lowest BCUT2D eigenvalue weighted by Crippen LogP contribution is -2.57. The van der Waals surface area contributed by atoms with Gasteiger partial charge in [0.15, 0.2) is 0 Å². The second-order valence-electron chi connectivity index (χ2n) is 7.26. The maximum Gasteiger partial charge on any atom is 0.274 e. The van der Waals surface area contributed by atoms with Gasteiger partial charge in [0.05, 0.1) is 24.9 Å². The van der Waals surface area contributed by atoms with Gasteiger partial charge < -0.3 is 14.4 Å². The number of nitrogens with zero attached hydrogens (tertiary/aromatic N) is 3. The molecule has 1 spiro atoms. The van der Waals surface area contributed by atoms with Gasteiger partial charge in [-0.2, -0.15) is 9.78 Å². The Balaban J connectivity index is 1.63. The Morgan fingerprint density at radius 3 is 2.75 bits per heavy atom. The molecule has 0 saturated carbocycles. The number of carbonyl (C=O) groups excluding carboxylic acids is 1. The molecule has 0 unspecified atom stereocenters. The Labute approximate surface area is 161 Å². The first kappa shape index (κ1) is 18.8. The van der Waals surface area contributed by atoms with Crippen molar-refractivity contribution in [2.45, 2.75) is 31.5 Å². The fourth-order valence-electron chi connectivity index (χ4n) is 3.71. The number of rotatable bonds is 3. The zero-order valence-electron chi connectivity index (χ0n) is 15.6. The summed E-state index contributed by atoms with van der Waals surface area (Å²) in [6.45, 7) is 4.01. The highest BCUT2D eigenvalue weighted by Crippen LogP contribution is 2.31. The Bertz CT molecular complexity index is 922. The van der Waals surface area contributed by atoms with Crippen LogP contribution in [0.4, 0.5) is 4.39 Å². The SMILES string of the molecule is CC[C@H]1CN(C(=O)c2ccc(=O)n(-c3ccc(F)cc3)n2)C[C@]2(CCOC2)O1. The van der Waals surface area contributed by atoms with Gasteiger partial charge in [-0.15, -0.1) is 0 Å². The Morgan fingerprint density at radius 1 is 1.29 bits per heavy atom. The molecule has 2 fully saturated rings. The molecule has 2 atom stereocenters. The van der Waals surface area contributed by atoms with Gasteiger partial charge in [-0.3, -0.25) is 9.59 Å². The van der Waals surface area contributed by atoms with Crippen LogP contribution in [-0.4, -0.2) is 58.6 Å². The van der Waals surface area contributed by atoms with Gasteiger partial charge in [0, 0.05) is 25.6 Å². The number of benzene rings is 1. The maximum absolute atomic E-state index is 13.2. The Kier molecular flexibility index (Phi) is 4.99. The highest BCUT2D eigenvalue weighted by molar-refractivity contribution is 5.92. The van der Waals surface area contributed by atoms with E-state index < -0.39 is 17.0 Å². The topological polar surface area (TPSA) is 73.7 Å². The molecule has 7 nitrogen and oxygen atoms in total. The highest BCUT2D eigenvalue weighted by atomic mass is 19.1. The van der Waals surface area contributed by atoms with Crippen molar-refractivity contribution in [1.82, 2.24) is 14.7 Å². The third-order valence-electron chi connectivity index (χ3n) is 5.22. The molecule has 8 heteroatoms. The number of hydrogen-bond acceptors (Lipinski definition) is 5. The van der Waals surface area contributed by atoms with Gasteiger partial charge in [0.1, 0.15) is 17.1 Å². The summed E-state index contributed by atoms with van der Waals surface area (Å²) in [5.74, 6) is -0.670. The number of ether oxygens (including phenoxy) is 2. The van der Waals surface area contributed by atoms with Crippen LogP contribution in [0, 0.1) is 5.82 Å². The van der Waals surface area contributed by atoms with E-state index in [-0.39, 0.29) is 17.7 Å². The lowest BCUT2D eigenvalue weighted by atomic mass is 9.98. The molecule has 4 rings (SSSR count). The van der Waals surface area contributed by atoms with Crippen LogP contribution in [0.3, 0.4) is 0 Å². The van der Waals surface area contributed by atoms with E-state index in [0.717, 1.165) is 17.5 Å². The zero-order valence-corrected chi connectivity index (χ0v) is 15.6. The molecule has 1 aromatic carbocycles. The average Bonchev–Trinajstić information content (AvgIpc) is 3.15. The summed E-state index contributed by atoms with van der Waals surface area (Å²) in [4.78, 5) is 27.1. The molecule has 148 valence electrons. The summed E-state index contributed by atoms with van der Waals surface area (Å²) < 4.78 is 26.0. The van der Waals surface area contributed by atoms with Crippen LogP contribution < -0.4 is 5.56 Å². The molecule has 2 aliphatic rings. The van der Waals surface area contributed by atoms with E-state index >= 15 is 0 Å². The van der Waals surface area contributed by atoms with Crippen molar-refractivity contribution in [1.29, 1.82) is 0 Å². The molecule has 1 amide bonds. The highest BCUT2D eigenvalue weighted by Gasteiger charge is 2.45. The van der Waals surface area contributed by atoms with Crippen molar-refractivity contribution in [2.75, 3.05) is 26.3 Å². The van der Waals surface area contributed by atoms with Crippen LogP contribution in [0.5, 0.6) is 0 Å². The minimum absolute atomic E-state index is 0.0672. The van der Waals surface area contributed by atoms with E-state index in [1.165, 1.54) is 36.4 Å². The smallest absolute Gasteiger partial charge is 0.274 e. The van der Waals surface area contributed by atoms with E-state index in [2.05, 4.69) is 5.10 Å². The first-order valence-electron chi connectivity index (χ1n) is 9.41. The zero-order chi connectivity index (χ0) is 19.7. The van der Waals surface area contributed by atoms with Crippen LogP contribution in [-0.2, 0) is 9.47 Å². The summed E-state index contributed by atoms with van der Waals surface area (Å²) in [6.07, 6.45) is 1.46. The Hall–Kier alpha value is -2.58. The van der Waals surface area contributed by atoms with Crippen LogP contribution in [0.25, 0.3) is 5.69 Å². The van der Waals surface area contributed by atoms with Crippen molar-refractivity contribution in [3.8, 4) is 5.69 Å². The van der Waals surface area contributed by atoms with E-state index in [9.17, 15) is 14.0 Å². The number of halogens is 1. The maximum atomic E-state index is 13.2. The first-order valence-corrected chi connectivity index (χ1v) is 9.41. The normalized spacial score (nSPS) is 24.6. The van der Waals surface area contributed by atoms with Gasteiger partial charge in [-0.1, -0.05) is 6.92 Å². The number of aromatic nitrogens is 2. The number of amides is 1. The predicted molar refractivity (Wildman–Crippen MR) is 99.0 cm³/mol. The van der Waals surface area contributed by atoms with Crippen molar-refractivity contribution >= 4 is 5.91 Å². The van der Waals surface area contributed by atoms with Gasteiger partial charge in [-0.05, 0) is 36.8 Å². The minimum Gasteiger partial charge on any atom is -0.378 e. The number of carbonyl (C=O) groups is 1. The van der Waals surface area contributed by atoms with E-state index in [1.807, 2.05) is 6.92 Å². The monoisotopic (exact) mass is 387 g/mol. The lowest BCUT2D eigenvalue weighted by Gasteiger charge is -2.43. The molecule has 0 aliphatic carbocycles. The Morgan fingerprint density at radius 2 is 2.07 bits per heavy atom. The van der Waals surface area contributed by atoms with Gasteiger partial charge in [0.25, 0.3) is 11.5 Å². The first-order chi connectivity index (χ1) is 13.5. The third kappa shape index (κ3) is 3.57. The second kappa shape index (κ2) is 7.44. The largest absolute Gasteiger partial charge is 0.378 e. The van der Waals surface area contributed by atoms with Gasteiger partial charge >= 0.3 is 0 Å². The van der Waals surface area contributed by atoms with E-state index in [4.69, 9.17) is 9.47 Å². The molecule has 1 aromatic heterocycles. The molecular formula is C20H22FN3O4. The summed E-state index contributed by atoms with van der Waals surface area (Å²) >= 11 is 0. The van der Waals surface area contributed by atoms with Crippen molar-refractivity contribution in [2.24, 2.45) is 0 Å². The van der Waals surface area contributed by atoms with Crippen LogP contribution in [0.1, 0.15) is 30.3 Å². The summed E-state index contributed by atoms with van der Waals surface area (Å²) in [6, 6.07) is 8.12. The molecule has 2 aromatic rings. The molecule has 28 heavy (non-hydrogen) atoms. The second-order valence-corrected chi connectivity index (χ2v) is 7.26. The van der Waals surface area contributed by atoms with Crippen molar-refractivity contribution in [3.05, 3.63) is 58.3 Å². The molecule has 2 saturated heterocycles. The van der Waals surface area contributed by atoms with E-state index in [0.29, 0.717) is 32.0 Å². The summed E-state index contributed by atoms with van der Waals surface area (Å²) in [5.41, 5.74) is -0.304. The third-order valence-corrected chi connectivity index (χ3v) is 5.22. The fourth-order valence-corrected chi connectivity index (χ4v) is 3.71. The number of hydrogen-bond donors (Lipinski definition) is 0. The van der Waals surface area contributed by atoms with Crippen molar-refractivity contribution in [3.63, 3.8) is 0 Å². The van der Waals surface area contributed by atoms with Gasteiger partial charge in [-0.25, -0.2) is 4.39 Å². The minimum atomic E-state index is -0.472. The van der Waals surface area contributed by atoms with E-state index in [1.54, 1.807) is 4.90 Å². The summed E-state index contributed by atoms with van der Waals surface area (Å²) in [7, 11) is 0. The average molecular weight is 387 g/mol. The molecule has 3 heterocycles. The molecule has 0 N–H and O–H groups in total. The molecule has 0 radical (unpaired) electrons. The van der Waals surface area contributed by atoms with Crippen LogP contribution in [0.15, 0.2) is 41.2 Å². The summed E-state index contributed by atoms with van der Waals surface area (Å²) in [5, 5.41) is 4.23.